The molecular formula is C19H18O2. The molecule has 0 saturated carbocycles. The molecule has 21 heavy (non-hydrogen) atoms. The molecule has 2 heteroatoms. The van der Waals surface area contributed by atoms with E-state index in [-0.39, 0.29) is 0 Å². The second kappa shape index (κ2) is 11.1. The van der Waals surface area contributed by atoms with Crippen LogP contribution in [0.1, 0.15) is 6.42 Å². The lowest BCUT2D eigenvalue weighted by Gasteiger charge is -2.00. The molecule has 0 N–H and O–H groups in total. The highest BCUT2D eigenvalue weighted by Gasteiger charge is 1.97. The van der Waals surface area contributed by atoms with Crippen molar-refractivity contribution >= 4 is 12.6 Å². The number of hydrogen-bond donors (Lipinski definition) is 0. The molecule has 0 aromatic carbocycles. The van der Waals surface area contributed by atoms with E-state index in [1.807, 2.05) is 48.6 Å². The van der Waals surface area contributed by atoms with Gasteiger partial charge in [-0.05, 0) is 29.7 Å². The van der Waals surface area contributed by atoms with E-state index in [4.69, 9.17) is 0 Å². The summed E-state index contributed by atoms with van der Waals surface area (Å²) >= 11 is 0. The molecule has 0 aliphatic heterocycles. The zero-order chi connectivity index (χ0) is 15.2. The number of carbonyl (C=O) groups is 2. The van der Waals surface area contributed by atoms with E-state index < -0.39 is 0 Å². The Bertz CT molecular complexity index is 577. The zero-order valence-electron chi connectivity index (χ0n) is 11.8. The predicted molar refractivity (Wildman–Crippen MR) is 87.8 cm³/mol. The summed E-state index contributed by atoms with van der Waals surface area (Å²) in [6.45, 7) is 0. The molecule has 106 valence electrons. The predicted octanol–water partition coefficient (Wildman–Crippen LogP) is 3.98. The molecule has 0 unspecified atom stereocenters. The Morgan fingerprint density at radius 2 is 1.05 bits per heavy atom. The van der Waals surface area contributed by atoms with Crippen LogP contribution in [-0.4, -0.2) is 12.6 Å². The maximum Gasteiger partial charge on any atom is 0.142 e. The van der Waals surface area contributed by atoms with Crippen molar-refractivity contribution in [2.45, 2.75) is 6.42 Å². The van der Waals surface area contributed by atoms with Crippen molar-refractivity contribution in [3.05, 3.63) is 96.2 Å². The van der Waals surface area contributed by atoms with Crippen LogP contribution in [0.25, 0.3) is 0 Å². The van der Waals surface area contributed by atoms with Gasteiger partial charge in [0, 0.05) is 0 Å². The first-order valence-corrected chi connectivity index (χ1v) is 6.67. The highest BCUT2D eigenvalue weighted by atomic mass is 16.1. The van der Waals surface area contributed by atoms with Crippen molar-refractivity contribution < 1.29 is 9.59 Å². The summed E-state index contributed by atoms with van der Waals surface area (Å²) < 4.78 is 0. The fourth-order valence-corrected chi connectivity index (χ4v) is 1.65. The summed E-state index contributed by atoms with van der Waals surface area (Å²) in [7, 11) is 0. The first-order chi connectivity index (χ1) is 10.4. The van der Waals surface area contributed by atoms with Crippen LogP contribution in [0.3, 0.4) is 0 Å². The smallest absolute Gasteiger partial charge is 0.142 e. The van der Waals surface area contributed by atoms with Crippen LogP contribution in [0, 0.1) is 0 Å². The van der Waals surface area contributed by atoms with Gasteiger partial charge in [0.1, 0.15) is 12.6 Å². The Morgan fingerprint density at radius 1 is 0.619 bits per heavy atom. The van der Waals surface area contributed by atoms with Crippen LogP contribution < -0.4 is 0 Å². The minimum absolute atomic E-state index is 0.745. The average Bonchev–Trinajstić information content (AvgIpc) is 2.73. The Morgan fingerprint density at radius 3 is 1.57 bits per heavy atom. The van der Waals surface area contributed by atoms with E-state index in [2.05, 4.69) is 6.08 Å². The third kappa shape index (κ3) is 8.11. The van der Waals surface area contributed by atoms with Gasteiger partial charge < -0.3 is 0 Å². The number of hydrogen-bond acceptors (Lipinski definition) is 2. The van der Waals surface area contributed by atoms with Crippen LogP contribution in [0.2, 0.25) is 0 Å². The minimum atomic E-state index is 0.745. The van der Waals surface area contributed by atoms with Gasteiger partial charge in [0.15, 0.2) is 0 Å². The number of rotatable bonds is 7. The Hall–Kier alpha value is -2.74. The summed E-state index contributed by atoms with van der Waals surface area (Å²) in [5.74, 6) is 0. The van der Waals surface area contributed by atoms with Gasteiger partial charge in [-0.1, -0.05) is 72.9 Å². The topological polar surface area (TPSA) is 34.1 Å². The van der Waals surface area contributed by atoms with Crippen LogP contribution in [0.15, 0.2) is 96.2 Å². The Balaban J connectivity index is 2.61. The highest BCUT2D eigenvalue weighted by Crippen LogP contribution is 2.17. The van der Waals surface area contributed by atoms with E-state index in [1.54, 1.807) is 18.2 Å². The van der Waals surface area contributed by atoms with Gasteiger partial charge in [-0.25, -0.2) is 0 Å². The highest BCUT2D eigenvalue weighted by molar-refractivity contribution is 5.65. The van der Waals surface area contributed by atoms with Gasteiger partial charge in [-0.15, -0.1) is 0 Å². The van der Waals surface area contributed by atoms with Crippen LogP contribution in [0.4, 0.5) is 0 Å². The SMILES string of the molecule is O=C/C=C/C=C/C=C/C1=CC=CC=C(/C=C/C=C/C=O)C1. The summed E-state index contributed by atoms with van der Waals surface area (Å²) in [4.78, 5) is 20.3. The van der Waals surface area contributed by atoms with Gasteiger partial charge in [-0.3, -0.25) is 9.59 Å². The molecule has 0 spiro atoms. The van der Waals surface area contributed by atoms with Gasteiger partial charge in [0.25, 0.3) is 0 Å². The molecule has 0 amide bonds. The molecule has 0 radical (unpaired) electrons. The fraction of sp³-hybridized carbons (Fsp3) is 0.0526. The maximum absolute atomic E-state index is 10.2. The molecular weight excluding hydrogens is 260 g/mol. The van der Waals surface area contributed by atoms with Crippen molar-refractivity contribution in [2.75, 3.05) is 0 Å². The minimum Gasteiger partial charge on any atom is -0.299 e. The summed E-state index contributed by atoms with van der Waals surface area (Å²) in [5.41, 5.74) is 2.35. The van der Waals surface area contributed by atoms with E-state index in [0.29, 0.717) is 0 Å². The number of aldehydes is 2. The van der Waals surface area contributed by atoms with Gasteiger partial charge in [-0.2, -0.15) is 0 Å². The molecule has 1 aliphatic rings. The molecule has 0 saturated heterocycles. The molecule has 2 nitrogen and oxygen atoms in total. The molecule has 1 rings (SSSR count). The summed E-state index contributed by atoms with van der Waals surface area (Å²) in [5, 5.41) is 0. The molecule has 0 aromatic rings. The van der Waals surface area contributed by atoms with Crippen LogP contribution >= 0.6 is 0 Å². The van der Waals surface area contributed by atoms with E-state index >= 15 is 0 Å². The zero-order valence-corrected chi connectivity index (χ0v) is 11.8. The lowest BCUT2D eigenvalue weighted by atomic mass is 10.0. The number of allylic oxidation sites excluding steroid dienone is 16. The van der Waals surface area contributed by atoms with Gasteiger partial charge in [0.2, 0.25) is 0 Å². The van der Waals surface area contributed by atoms with Crippen LogP contribution in [0.5, 0.6) is 0 Å². The second-order valence-electron chi connectivity index (χ2n) is 4.19. The second-order valence-corrected chi connectivity index (χ2v) is 4.19. The first-order valence-electron chi connectivity index (χ1n) is 6.67. The molecule has 0 heterocycles. The van der Waals surface area contributed by atoms with E-state index in [9.17, 15) is 9.59 Å². The largest absolute Gasteiger partial charge is 0.299 e. The van der Waals surface area contributed by atoms with Crippen molar-refractivity contribution in [1.82, 2.24) is 0 Å². The monoisotopic (exact) mass is 278 g/mol. The fourth-order valence-electron chi connectivity index (χ4n) is 1.65. The summed E-state index contributed by atoms with van der Waals surface area (Å²) in [6, 6.07) is 0. The van der Waals surface area contributed by atoms with Gasteiger partial charge in [0.05, 0.1) is 0 Å². The molecule has 0 aromatic heterocycles. The molecule has 0 fully saturated rings. The van der Waals surface area contributed by atoms with E-state index in [1.165, 1.54) is 23.3 Å². The van der Waals surface area contributed by atoms with Crippen LogP contribution in [-0.2, 0) is 9.59 Å². The lowest BCUT2D eigenvalue weighted by Crippen LogP contribution is -1.81. The van der Waals surface area contributed by atoms with Gasteiger partial charge >= 0.3 is 0 Å². The average molecular weight is 278 g/mol. The third-order valence-electron chi connectivity index (χ3n) is 2.58. The Labute approximate surface area is 125 Å². The van der Waals surface area contributed by atoms with E-state index in [0.717, 1.165) is 19.0 Å². The normalized spacial score (nSPS) is 16.2. The quantitative estimate of drug-likeness (QED) is 0.401. The lowest BCUT2D eigenvalue weighted by molar-refractivity contribution is -0.104. The van der Waals surface area contributed by atoms with Crippen molar-refractivity contribution in [3.8, 4) is 0 Å². The Kier molecular flexibility index (Phi) is 8.64. The summed E-state index contributed by atoms with van der Waals surface area (Å²) in [6.07, 6.45) is 28.2. The number of carbonyl (C=O) groups excluding carboxylic acids is 2. The maximum atomic E-state index is 10.2. The van der Waals surface area contributed by atoms with Crippen molar-refractivity contribution in [2.24, 2.45) is 0 Å². The molecule has 1 aliphatic carbocycles. The third-order valence-corrected chi connectivity index (χ3v) is 2.58. The first kappa shape index (κ1) is 16.3. The molecule has 0 bridgehead atoms. The standard InChI is InChI=1S/C19H18O2/c20-15-9-3-1-2-5-11-18-13-7-8-14-19(17-18)12-6-4-10-16-21/h1-16H,17H2/b2-1+,9-3+,10-4+,11-5+,12-6+. The van der Waals surface area contributed by atoms with Crippen molar-refractivity contribution in [3.63, 3.8) is 0 Å². The van der Waals surface area contributed by atoms with Crippen molar-refractivity contribution in [1.29, 1.82) is 0 Å². The molecule has 0 atom stereocenters.